The summed E-state index contributed by atoms with van der Waals surface area (Å²) in [5.74, 6) is -0.350. The van der Waals surface area contributed by atoms with Gasteiger partial charge in [-0.2, -0.15) is 5.10 Å². The Kier molecular flexibility index (Phi) is 5.35. The average Bonchev–Trinajstić information content (AvgIpc) is 2.94. The number of H-pyrrole nitrogens is 1. The second-order valence-corrected chi connectivity index (χ2v) is 4.75. The van der Waals surface area contributed by atoms with Crippen molar-refractivity contribution >= 4 is 5.97 Å². The lowest BCUT2D eigenvalue weighted by Gasteiger charge is -2.03. The van der Waals surface area contributed by atoms with E-state index < -0.39 is 0 Å². The Morgan fingerprint density at radius 3 is 2.80 bits per heavy atom. The summed E-state index contributed by atoms with van der Waals surface area (Å²) in [4.78, 5) is 11.8. The van der Waals surface area contributed by atoms with E-state index >= 15 is 0 Å². The van der Waals surface area contributed by atoms with E-state index in [4.69, 9.17) is 4.74 Å². The van der Waals surface area contributed by atoms with Crippen LogP contribution in [0.1, 0.15) is 41.5 Å². The molecular formula is C16H20N2O2. The molecule has 0 saturated heterocycles. The molecule has 4 heteroatoms. The maximum Gasteiger partial charge on any atom is 0.358 e. The Morgan fingerprint density at radius 1 is 1.25 bits per heavy atom. The van der Waals surface area contributed by atoms with Gasteiger partial charge in [0.1, 0.15) is 0 Å². The van der Waals surface area contributed by atoms with Gasteiger partial charge in [0.25, 0.3) is 0 Å². The molecule has 2 aromatic rings. The third-order valence-corrected chi connectivity index (χ3v) is 3.05. The number of nitrogens with one attached hydrogen (secondary N) is 1. The molecule has 0 spiro atoms. The highest BCUT2D eigenvalue weighted by atomic mass is 16.5. The van der Waals surface area contributed by atoms with Crippen molar-refractivity contribution in [1.82, 2.24) is 10.2 Å². The van der Waals surface area contributed by atoms with Crippen molar-refractivity contribution < 1.29 is 9.53 Å². The van der Waals surface area contributed by atoms with Crippen LogP contribution in [0, 0.1) is 0 Å². The number of aryl methyl sites for hydroxylation is 2. The summed E-state index contributed by atoms with van der Waals surface area (Å²) < 4.78 is 5.22. The Hall–Kier alpha value is -2.10. The third-order valence-electron chi connectivity index (χ3n) is 3.05. The summed E-state index contributed by atoms with van der Waals surface area (Å²) in [5.41, 5.74) is 2.60. The topological polar surface area (TPSA) is 55.0 Å². The van der Waals surface area contributed by atoms with Crippen molar-refractivity contribution in [2.45, 2.75) is 32.6 Å². The average molecular weight is 272 g/mol. The fourth-order valence-electron chi connectivity index (χ4n) is 2.02. The number of esters is 1. The molecule has 0 aliphatic carbocycles. The van der Waals surface area contributed by atoms with Crippen LogP contribution in [0.3, 0.4) is 0 Å². The number of carbonyl (C=O) groups excluding carboxylic acids is 1. The number of hydrogen-bond acceptors (Lipinski definition) is 3. The largest absolute Gasteiger partial charge is 0.461 e. The highest BCUT2D eigenvalue weighted by molar-refractivity contribution is 5.87. The van der Waals surface area contributed by atoms with E-state index in [1.165, 1.54) is 5.56 Å². The molecule has 1 heterocycles. The zero-order valence-electron chi connectivity index (χ0n) is 11.8. The van der Waals surface area contributed by atoms with E-state index in [1.54, 1.807) is 6.07 Å². The molecule has 106 valence electrons. The maximum absolute atomic E-state index is 11.8. The lowest BCUT2D eigenvalue weighted by atomic mass is 10.1. The van der Waals surface area contributed by atoms with Crippen LogP contribution in [-0.4, -0.2) is 22.8 Å². The molecular weight excluding hydrogens is 252 g/mol. The number of ether oxygens (including phenoxy) is 1. The van der Waals surface area contributed by atoms with Gasteiger partial charge in [-0.15, -0.1) is 0 Å². The van der Waals surface area contributed by atoms with Gasteiger partial charge < -0.3 is 4.74 Å². The number of aromatic nitrogens is 2. The fraction of sp³-hybridized carbons (Fsp3) is 0.375. The quantitative estimate of drug-likeness (QED) is 0.622. The van der Waals surface area contributed by atoms with Crippen molar-refractivity contribution in [3.8, 4) is 0 Å². The molecule has 0 saturated carbocycles. The van der Waals surface area contributed by atoms with Crippen LogP contribution in [-0.2, 0) is 17.6 Å². The normalized spacial score (nSPS) is 10.4. The lowest BCUT2D eigenvalue weighted by molar-refractivity contribution is 0.0493. The summed E-state index contributed by atoms with van der Waals surface area (Å²) >= 11 is 0. The number of aromatic amines is 1. The third kappa shape index (κ3) is 4.23. The molecule has 1 N–H and O–H groups in total. The molecule has 0 atom stereocenters. The predicted molar refractivity (Wildman–Crippen MR) is 77.6 cm³/mol. The molecule has 0 bridgehead atoms. The predicted octanol–water partition coefficient (Wildman–Crippen LogP) is 3.15. The summed E-state index contributed by atoms with van der Waals surface area (Å²) in [5, 5.41) is 6.83. The van der Waals surface area contributed by atoms with Crippen molar-refractivity contribution in [2.24, 2.45) is 0 Å². The minimum atomic E-state index is -0.350. The Labute approximate surface area is 119 Å². The molecule has 1 aromatic heterocycles. The van der Waals surface area contributed by atoms with Crippen LogP contribution in [0.4, 0.5) is 0 Å². The van der Waals surface area contributed by atoms with Crippen molar-refractivity contribution in [3.05, 3.63) is 53.3 Å². The number of hydrogen-bond donors (Lipinski definition) is 1. The highest BCUT2D eigenvalue weighted by Gasteiger charge is 2.11. The zero-order valence-corrected chi connectivity index (χ0v) is 11.8. The van der Waals surface area contributed by atoms with Gasteiger partial charge in [0.15, 0.2) is 5.69 Å². The van der Waals surface area contributed by atoms with Gasteiger partial charge in [0.05, 0.1) is 6.61 Å². The van der Waals surface area contributed by atoms with Gasteiger partial charge in [-0.1, -0.05) is 43.7 Å². The van der Waals surface area contributed by atoms with Gasteiger partial charge in [-0.3, -0.25) is 5.10 Å². The van der Waals surface area contributed by atoms with E-state index in [0.29, 0.717) is 12.3 Å². The van der Waals surface area contributed by atoms with Crippen molar-refractivity contribution in [3.63, 3.8) is 0 Å². The van der Waals surface area contributed by atoms with Crippen LogP contribution in [0.15, 0.2) is 36.4 Å². The molecule has 0 radical (unpaired) electrons. The van der Waals surface area contributed by atoms with E-state index in [1.807, 2.05) is 18.2 Å². The van der Waals surface area contributed by atoms with Gasteiger partial charge in [-0.25, -0.2) is 4.79 Å². The molecule has 4 nitrogen and oxygen atoms in total. The minimum Gasteiger partial charge on any atom is -0.461 e. The number of rotatable bonds is 7. The molecule has 0 amide bonds. The number of nitrogens with zero attached hydrogens (tertiary/aromatic N) is 1. The van der Waals surface area contributed by atoms with E-state index in [9.17, 15) is 4.79 Å². The van der Waals surface area contributed by atoms with E-state index in [2.05, 4.69) is 29.3 Å². The maximum atomic E-state index is 11.8. The molecule has 0 fully saturated rings. The number of carbonyl (C=O) groups is 1. The molecule has 0 unspecified atom stereocenters. The first-order chi connectivity index (χ1) is 9.79. The first kappa shape index (κ1) is 14.3. The minimum absolute atomic E-state index is 0.350. The molecule has 0 aliphatic heterocycles. The Morgan fingerprint density at radius 2 is 2.05 bits per heavy atom. The summed E-state index contributed by atoms with van der Waals surface area (Å²) in [6, 6.07) is 11.9. The van der Waals surface area contributed by atoms with E-state index in [-0.39, 0.29) is 5.97 Å². The number of benzene rings is 1. The summed E-state index contributed by atoms with van der Waals surface area (Å²) in [6.07, 6.45) is 3.65. The standard InChI is InChI=1S/C16H20N2O2/c1-2-7-14-12-15(18-17-14)16(19)20-11-6-10-13-8-4-3-5-9-13/h3-5,8-9,12H,2,6-7,10-11H2,1H3,(H,17,18). The molecule has 0 aliphatic rings. The van der Waals surface area contributed by atoms with Crippen LogP contribution < -0.4 is 0 Å². The first-order valence-corrected chi connectivity index (χ1v) is 7.05. The van der Waals surface area contributed by atoms with Crippen molar-refractivity contribution in [2.75, 3.05) is 6.61 Å². The summed E-state index contributed by atoms with van der Waals surface area (Å²) in [7, 11) is 0. The molecule has 2 rings (SSSR count). The van der Waals surface area contributed by atoms with Crippen LogP contribution in [0.25, 0.3) is 0 Å². The Balaban J connectivity index is 1.72. The smallest absolute Gasteiger partial charge is 0.358 e. The van der Waals surface area contributed by atoms with Gasteiger partial charge in [0.2, 0.25) is 0 Å². The van der Waals surface area contributed by atoms with E-state index in [0.717, 1.165) is 31.4 Å². The zero-order chi connectivity index (χ0) is 14.2. The monoisotopic (exact) mass is 272 g/mol. The van der Waals surface area contributed by atoms with Gasteiger partial charge in [0, 0.05) is 5.69 Å². The second-order valence-electron chi connectivity index (χ2n) is 4.75. The molecule has 1 aromatic carbocycles. The summed E-state index contributed by atoms with van der Waals surface area (Å²) in [6.45, 7) is 2.51. The van der Waals surface area contributed by atoms with Crippen LogP contribution >= 0.6 is 0 Å². The fourth-order valence-corrected chi connectivity index (χ4v) is 2.02. The van der Waals surface area contributed by atoms with Gasteiger partial charge >= 0.3 is 5.97 Å². The Bertz CT molecular complexity index is 534. The van der Waals surface area contributed by atoms with Crippen molar-refractivity contribution in [1.29, 1.82) is 0 Å². The molecule has 20 heavy (non-hydrogen) atoms. The lowest BCUT2D eigenvalue weighted by Crippen LogP contribution is -2.07. The highest BCUT2D eigenvalue weighted by Crippen LogP contribution is 2.06. The van der Waals surface area contributed by atoms with Crippen LogP contribution in [0.2, 0.25) is 0 Å². The second kappa shape index (κ2) is 7.48. The SMILES string of the molecule is CCCc1cc(C(=O)OCCCc2ccccc2)n[nH]1. The van der Waals surface area contributed by atoms with Crippen LogP contribution in [0.5, 0.6) is 0 Å². The first-order valence-electron chi connectivity index (χ1n) is 7.05. The van der Waals surface area contributed by atoms with Gasteiger partial charge in [-0.05, 0) is 30.9 Å².